The number of benzene rings is 1. The van der Waals surface area contributed by atoms with Crippen LogP contribution in [-0.4, -0.2) is 8.42 Å². The minimum Gasteiger partial charge on any atom is -0.326 e. The molecule has 114 valence electrons. The summed E-state index contributed by atoms with van der Waals surface area (Å²) in [6, 6.07) is 9.36. The molecule has 0 aliphatic heterocycles. The lowest BCUT2D eigenvalue weighted by Crippen LogP contribution is -2.24. The molecule has 3 N–H and O–H groups in total. The van der Waals surface area contributed by atoms with E-state index in [0.29, 0.717) is 13.1 Å². The third-order valence-electron chi connectivity index (χ3n) is 3.30. The highest BCUT2D eigenvalue weighted by molar-refractivity contribution is 7.88. The lowest BCUT2D eigenvalue weighted by Gasteiger charge is -2.06. The highest BCUT2D eigenvalue weighted by Crippen LogP contribution is 2.20. The predicted molar refractivity (Wildman–Crippen MR) is 87.6 cm³/mol. The summed E-state index contributed by atoms with van der Waals surface area (Å²) in [6.45, 7) is 4.88. The lowest BCUT2D eigenvalue weighted by atomic mass is 10.1. The largest absolute Gasteiger partial charge is 0.326 e. The zero-order valence-electron chi connectivity index (χ0n) is 12.2. The summed E-state index contributed by atoms with van der Waals surface area (Å²) in [7, 11) is -3.33. The van der Waals surface area contributed by atoms with Crippen LogP contribution in [0, 0.1) is 13.8 Å². The van der Waals surface area contributed by atoms with Crippen LogP contribution in [0.5, 0.6) is 0 Å². The molecule has 0 aliphatic carbocycles. The molecule has 0 radical (unpaired) electrons. The molecular weight excluding hydrogens is 304 g/mol. The Kier molecular flexibility index (Phi) is 5.16. The molecule has 0 fully saturated rings. The van der Waals surface area contributed by atoms with Gasteiger partial charge in [-0.15, -0.1) is 11.3 Å². The van der Waals surface area contributed by atoms with Gasteiger partial charge in [0.15, 0.2) is 0 Å². The van der Waals surface area contributed by atoms with Crippen LogP contribution in [0.2, 0.25) is 0 Å². The maximum atomic E-state index is 12.1. The molecule has 2 rings (SSSR count). The molecule has 2 aromatic rings. The second-order valence-corrected chi connectivity index (χ2v) is 8.20. The van der Waals surface area contributed by atoms with Crippen molar-refractivity contribution in [1.82, 2.24) is 4.72 Å². The number of nitrogens with two attached hydrogens (primary N) is 1. The number of hydrogen-bond acceptors (Lipinski definition) is 4. The Bertz CT molecular complexity index is 684. The van der Waals surface area contributed by atoms with Gasteiger partial charge in [0.05, 0.1) is 5.75 Å². The highest BCUT2D eigenvalue weighted by Gasteiger charge is 2.12. The van der Waals surface area contributed by atoms with Crippen molar-refractivity contribution >= 4 is 21.4 Å². The minimum atomic E-state index is -3.33. The monoisotopic (exact) mass is 324 g/mol. The fraction of sp³-hybridized carbons (Fsp3) is 0.333. The van der Waals surface area contributed by atoms with Gasteiger partial charge in [-0.2, -0.15) is 0 Å². The van der Waals surface area contributed by atoms with Gasteiger partial charge >= 0.3 is 0 Å². The normalized spacial score (nSPS) is 11.8. The Balaban J connectivity index is 1.97. The third-order valence-corrected chi connectivity index (χ3v) is 5.75. The Labute approximate surface area is 130 Å². The van der Waals surface area contributed by atoms with Crippen LogP contribution >= 0.6 is 11.3 Å². The Morgan fingerprint density at radius 1 is 1.14 bits per heavy atom. The quantitative estimate of drug-likeness (QED) is 0.857. The number of thiophene rings is 1. The molecule has 6 heteroatoms. The van der Waals surface area contributed by atoms with E-state index in [0.717, 1.165) is 16.0 Å². The van der Waals surface area contributed by atoms with Crippen LogP contribution in [-0.2, 0) is 28.9 Å². The van der Waals surface area contributed by atoms with Crippen molar-refractivity contribution in [1.29, 1.82) is 0 Å². The van der Waals surface area contributed by atoms with Crippen LogP contribution in [0.25, 0.3) is 0 Å². The van der Waals surface area contributed by atoms with Gasteiger partial charge in [0.1, 0.15) is 0 Å². The standard InChI is InChI=1S/C15H20N2O2S2/c1-11-7-15(20-12(11)2)9-17-21(18,19)10-14-5-3-13(8-16)4-6-14/h3-7,17H,8-10,16H2,1-2H3. The fourth-order valence-corrected chi connectivity index (χ4v) is 4.15. The van der Waals surface area contributed by atoms with Gasteiger partial charge in [-0.25, -0.2) is 13.1 Å². The molecule has 0 aliphatic rings. The van der Waals surface area contributed by atoms with E-state index in [4.69, 9.17) is 5.73 Å². The molecule has 21 heavy (non-hydrogen) atoms. The van der Waals surface area contributed by atoms with Crippen LogP contribution < -0.4 is 10.5 Å². The highest BCUT2D eigenvalue weighted by atomic mass is 32.2. The molecular formula is C15H20N2O2S2. The summed E-state index contributed by atoms with van der Waals surface area (Å²) >= 11 is 1.63. The number of hydrogen-bond donors (Lipinski definition) is 2. The maximum absolute atomic E-state index is 12.1. The van der Waals surface area contributed by atoms with Gasteiger partial charge in [0.2, 0.25) is 10.0 Å². The van der Waals surface area contributed by atoms with Gasteiger partial charge in [-0.1, -0.05) is 24.3 Å². The Morgan fingerprint density at radius 2 is 1.76 bits per heavy atom. The van der Waals surface area contributed by atoms with Gasteiger partial charge in [0.25, 0.3) is 0 Å². The van der Waals surface area contributed by atoms with E-state index >= 15 is 0 Å². The number of nitrogens with one attached hydrogen (secondary N) is 1. The maximum Gasteiger partial charge on any atom is 0.216 e. The molecule has 0 unspecified atom stereocenters. The van der Waals surface area contributed by atoms with E-state index in [1.54, 1.807) is 23.5 Å². The fourth-order valence-electron chi connectivity index (χ4n) is 1.96. The van der Waals surface area contributed by atoms with Gasteiger partial charge in [-0.3, -0.25) is 0 Å². The van der Waals surface area contributed by atoms with Crippen molar-refractivity contribution in [3.05, 3.63) is 56.8 Å². The second-order valence-electron chi connectivity index (χ2n) is 5.05. The first kappa shape index (κ1) is 16.2. The van der Waals surface area contributed by atoms with Crippen molar-refractivity contribution in [2.75, 3.05) is 0 Å². The Morgan fingerprint density at radius 3 is 2.29 bits per heavy atom. The molecule has 4 nitrogen and oxygen atoms in total. The average Bonchev–Trinajstić information content (AvgIpc) is 2.76. The zero-order chi connectivity index (χ0) is 15.5. The van der Waals surface area contributed by atoms with Crippen LogP contribution in [0.15, 0.2) is 30.3 Å². The minimum absolute atomic E-state index is 0.0127. The summed E-state index contributed by atoms with van der Waals surface area (Å²) < 4.78 is 26.8. The third kappa shape index (κ3) is 4.64. The topological polar surface area (TPSA) is 72.2 Å². The van der Waals surface area contributed by atoms with Crippen LogP contribution in [0.3, 0.4) is 0 Å². The first-order chi connectivity index (χ1) is 9.89. The molecule has 1 heterocycles. The number of sulfonamides is 1. The smallest absolute Gasteiger partial charge is 0.216 e. The first-order valence-electron chi connectivity index (χ1n) is 6.71. The summed E-state index contributed by atoms with van der Waals surface area (Å²) in [5, 5.41) is 0. The average molecular weight is 324 g/mol. The summed E-state index contributed by atoms with van der Waals surface area (Å²) in [6.07, 6.45) is 0. The van der Waals surface area contributed by atoms with Gasteiger partial charge < -0.3 is 5.73 Å². The van der Waals surface area contributed by atoms with Gasteiger partial charge in [0, 0.05) is 22.8 Å². The lowest BCUT2D eigenvalue weighted by molar-refractivity contribution is 0.581. The molecule has 0 saturated carbocycles. The number of aryl methyl sites for hydroxylation is 2. The van der Waals surface area contributed by atoms with Crippen molar-refractivity contribution in [2.24, 2.45) is 5.73 Å². The molecule has 1 aromatic heterocycles. The molecule has 0 bridgehead atoms. The number of rotatable bonds is 6. The van der Waals surface area contributed by atoms with E-state index in [2.05, 4.69) is 4.72 Å². The van der Waals surface area contributed by atoms with Crippen LogP contribution in [0.1, 0.15) is 26.4 Å². The summed E-state index contributed by atoms with van der Waals surface area (Å²) in [4.78, 5) is 2.26. The zero-order valence-corrected chi connectivity index (χ0v) is 13.9. The van der Waals surface area contributed by atoms with E-state index in [1.807, 2.05) is 32.0 Å². The molecule has 0 atom stereocenters. The van der Waals surface area contributed by atoms with Gasteiger partial charge in [-0.05, 0) is 36.6 Å². The van der Waals surface area contributed by atoms with Crippen molar-refractivity contribution in [3.63, 3.8) is 0 Å². The van der Waals surface area contributed by atoms with E-state index in [-0.39, 0.29) is 5.75 Å². The van der Waals surface area contributed by atoms with Crippen molar-refractivity contribution in [3.8, 4) is 0 Å². The molecule has 0 spiro atoms. The van der Waals surface area contributed by atoms with Crippen molar-refractivity contribution < 1.29 is 8.42 Å². The molecule has 0 amide bonds. The summed E-state index contributed by atoms with van der Waals surface area (Å²) in [5.74, 6) is -0.0127. The van der Waals surface area contributed by atoms with E-state index in [9.17, 15) is 8.42 Å². The van der Waals surface area contributed by atoms with Crippen LogP contribution in [0.4, 0.5) is 0 Å². The second kappa shape index (κ2) is 6.70. The molecule has 0 saturated heterocycles. The van der Waals surface area contributed by atoms with Crippen molar-refractivity contribution in [2.45, 2.75) is 32.7 Å². The Hall–Kier alpha value is -1.21. The van der Waals surface area contributed by atoms with E-state index in [1.165, 1.54) is 10.4 Å². The summed E-state index contributed by atoms with van der Waals surface area (Å²) in [5.41, 5.74) is 8.48. The predicted octanol–water partition coefficient (Wildman–Crippen LogP) is 2.44. The van der Waals surface area contributed by atoms with E-state index < -0.39 is 10.0 Å². The molecule has 1 aromatic carbocycles. The SMILES string of the molecule is Cc1cc(CNS(=O)(=O)Cc2ccc(CN)cc2)sc1C. The first-order valence-corrected chi connectivity index (χ1v) is 9.17.